The second-order valence-corrected chi connectivity index (χ2v) is 5.17. The molecule has 0 aromatic heterocycles. The Bertz CT molecular complexity index is 685. The topological polar surface area (TPSA) is 35.5 Å². The summed E-state index contributed by atoms with van der Waals surface area (Å²) in [7, 11) is 0. The van der Waals surface area contributed by atoms with Gasteiger partial charge in [-0.2, -0.15) is 0 Å². The Hall–Kier alpha value is -1.88. The van der Waals surface area contributed by atoms with Crippen LogP contribution in [0.3, 0.4) is 0 Å². The van der Waals surface area contributed by atoms with Gasteiger partial charge in [0.1, 0.15) is 19.0 Å². The SMILES string of the molecule is O=C(c1ccc2c(c1)OCCO2)c1cc(F)ccc1Br. The quantitative estimate of drug-likeness (QED) is 0.786. The van der Waals surface area contributed by atoms with E-state index in [0.717, 1.165) is 0 Å². The largest absolute Gasteiger partial charge is 0.486 e. The molecule has 1 aliphatic rings. The molecule has 20 heavy (non-hydrogen) atoms. The van der Waals surface area contributed by atoms with E-state index in [1.165, 1.54) is 18.2 Å². The minimum absolute atomic E-state index is 0.270. The van der Waals surface area contributed by atoms with Gasteiger partial charge in [-0.3, -0.25) is 4.79 Å². The van der Waals surface area contributed by atoms with Gasteiger partial charge in [-0.15, -0.1) is 0 Å². The van der Waals surface area contributed by atoms with Crippen molar-refractivity contribution in [1.29, 1.82) is 0 Å². The van der Waals surface area contributed by atoms with Crippen molar-refractivity contribution in [3.05, 3.63) is 57.8 Å². The fourth-order valence-electron chi connectivity index (χ4n) is 2.01. The highest BCUT2D eigenvalue weighted by Crippen LogP contribution is 2.32. The number of halogens is 2. The Morgan fingerprint density at radius 1 is 1.05 bits per heavy atom. The molecule has 0 fully saturated rings. The monoisotopic (exact) mass is 336 g/mol. The smallest absolute Gasteiger partial charge is 0.194 e. The Kier molecular flexibility index (Phi) is 3.44. The van der Waals surface area contributed by atoms with E-state index in [1.54, 1.807) is 18.2 Å². The van der Waals surface area contributed by atoms with Gasteiger partial charge in [0, 0.05) is 15.6 Å². The average molecular weight is 337 g/mol. The van der Waals surface area contributed by atoms with E-state index in [1.807, 2.05) is 0 Å². The molecule has 2 aromatic rings. The van der Waals surface area contributed by atoms with Crippen LogP contribution in [-0.4, -0.2) is 19.0 Å². The average Bonchev–Trinajstić information content (AvgIpc) is 2.48. The number of carbonyl (C=O) groups excluding carboxylic acids is 1. The number of benzene rings is 2. The minimum Gasteiger partial charge on any atom is -0.486 e. The Balaban J connectivity index is 2.00. The number of hydrogen-bond donors (Lipinski definition) is 0. The van der Waals surface area contributed by atoms with Crippen LogP contribution < -0.4 is 9.47 Å². The van der Waals surface area contributed by atoms with Crippen LogP contribution in [0.1, 0.15) is 15.9 Å². The van der Waals surface area contributed by atoms with Gasteiger partial charge in [-0.25, -0.2) is 4.39 Å². The lowest BCUT2D eigenvalue weighted by molar-refractivity contribution is 0.103. The van der Waals surface area contributed by atoms with Gasteiger partial charge in [0.05, 0.1) is 0 Å². The molecule has 2 aromatic carbocycles. The summed E-state index contributed by atoms with van der Waals surface area (Å²) in [6, 6.07) is 8.98. The van der Waals surface area contributed by atoms with Crippen LogP contribution in [0.2, 0.25) is 0 Å². The molecule has 1 aliphatic heterocycles. The van der Waals surface area contributed by atoms with Crippen molar-refractivity contribution < 1.29 is 18.7 Å². The maximum absolute atomic E-state index is 13.3. The van der Waals surface area contributed by atoms with Crippen molar-refractivity contribution in [2.24, 2.45) is 0 Å². The van der Waals surface area contributed by atoms with E-state index in [-0.39, 0.29) is 11.3 Å². The fraction of sp³-hybridized carbons (Fsp3) is 0.133. The van der Waals surface area contributed by atoms with E-state index >= 15 is 0 Å². The van der Waals surface area contributed by atoms with Gasteiger partial charge in [0.15, 0.2) is 17.3 Å². The predicted molar refractivity (Wildman–Crippen MR) is 75.0 cm³/mol. The molecule has 0 atom stereocenters. The number of ketones is 1. The summed E-state index contributed by atoms with van der Waals surface area (Å²) in [5.41, 5.74) is 0.710. The Morgan fingerprint density at radius 2 is 1.80 bits per heavy atom. The van der Waals surface area contributed by atoms with Crippen LogP contribution in [0, 0.1) is 5.82 Å². The predicted octanol–water partition coefficient (Wildman–Crippen LogP) is 3.59. The molecule has 5 heteroatoms. The number of fused-ring (bicyclic) bond motifs is 1. The van der Waals surface area contributed by atoms with Gasteiger partial charge in [-0.1, -0.05) is 15.9 Å². The number of ether oxygens (including phenoxy) is 2. The van der Waals surface area contributed by atoms with Gasteiger partial charge in [-0.05, 0) is 36.4 Å². The van der Waals surface area contributed by atoms with Crippen LogP contribution in [-0.2, 0) is 0 Å². The minimum atomic E-state index is -0.450. The van der Waals surface area contributed by atoms with Crippen molar-refractivity contribution in [3.63, 3.8) is 0 Å². The maximum atomic E-state index is 13.3. The van der Waals surface area contributed by atoms with E-state index in [0.29, 0.717) is 34.7 Å². The lowest BCUT2D eigenvalue weighted by Gasteiger charge is -2.18. The highest BCUT2D eigenvalue weighted by atomic mass is 79.9. The molecule has 3 rings (SSSR count). The van der Waals surface area contributed by atoms with Gasteiger partial charge in [0.25, 0.3) is 0 Å². The molecule has 1 heterocycles. The lowest BCUT2D eigenvalue weighted by Crippen LogP contribution is -2.16. The molecule has 0 unspecified atom stereocenters. The van der Waals surface area contributed by atoms with Gasteiger partial charge in [0.2, 0.25) is 0 Å². The standard InChI is InChI=1S/C15H10BrFO3/c16-12-3-2-10(17)8-11(12)15(18)9-1-4-13-14(7-9)20-6-5-19-13/h1-4,7-8H,5-6H2. The van der Waals surface area contributed by atoms with Crippen molar-refractivity contribution in [1.82, 2.24) is 0 Å². The molecule has 0 aliphatic carbocycles. The first-order valence-electron chi connectivity index (χ1n) is 6.04. The Labute approximate surface area is 123 Å². The van der Waals surface area contributed by atoms with Crippen LogP contribution in [0.25, 0.3) is 0 Å². The van der Waals surface area contributed by atoms with E-state index in [9.17, 15) is 9.18 Å². The summed E-state index contributed by atoms with van der Waals surface area (Å²) >= 11 is 3.26. The number of rotatable bonds is 2. The number of carbonyl (C=O) groups is 1. The van der Waals surface area contributed by atoms with E-state index < -0.39 is 5.82 Å². The van der Waals surface area contributed by atoms with Crippen molar-refractivity contribution in [2.45, 2.75) is 0 Å². The Morgan fingerprint density at radius 3 is 2.60 bits per heavy atom. The first-order valence-corrected chi connectivity index (χ1v) is 6.84. The van der Waals surface area contributed by atoms with Crippen LogP contribution >= 0.6 is 15.9 Å². The van der Waals surface area contributed by atoms with Crippen LogP contribution in [0.15, 0.2) is 40.9 Å². The molecule has 3 nitrogen and oxygen atoms in total. The lowest BCUT2D eigenvalue weighted by atomic mass is 10.0. The van der Waals surface area contributed by atoms with Gasteiger partial charge < -0.3 is 9.47 Å². The first kappa shape index (κ1) is 13.1. The molecule has 0 saturated heterocycles. The molecule has 0 bridgehead atoms. The number of hydrogen-bond acceptors (Lipinski definition) is 3. The zero-order chi connectivity index (χ0) is 14.1. The summed E-state index contributed by atoms with van der Waals surface area (Å²) in [5, 5.41) is 0. The highest BCUT2D eigenvalue weighted by Gasteiger charge is 2.18. The molecule has 0 spiro atoms. The summed E-state index contributed by atoms with van der Waals surface area (Å²) in [4.78, 5) is 12.4. The second-order valence-electron chi connectivity index (χ2n) is 4.31. The van der Waals surface area contributed by atoms with Gasteiger partial charge >= 0.3 is 0 Å². The fourth-order valence-corrected chi connectivity index (χ4v) is 2.44. The third kappa shape index (κ3) is 2.41. The molecule has 0 amide bonds. The van der Waals surface area contributed by atoms with Crippen LogP contribution in [0.5, 0.6) is 11.5 Å². The molecular formula is C15H10BrFO3. The third-order valence-corrected chi connectivity index (χ3v) is 3.67. The molecule has 0 saturated carbocycles. The summed E-state index contributed by atoms with van der Waals surface area (Å²) in [6.45, 7) is 0.948. The normalized spacial score (nSPS) is 13.1. The third-order valence-electron chi connectivity index (χ3n) is 2.98. The first-order chi connectivity index (χ1) is 9.65. The maximum Gasteiger partial charge on any atom is 0.194 e. The molecule has 0 N–H and O–H groups in total. The second kappa shape index (κ2) is 5.25. The van der Waals surface area contributed by atoms with E-state index in [4.69, 9.17) is 9.47 Å². The zero-order valence-electron chi connectivity index (χ0n) is 10.4. The summed E-state index contributed by atoms with van der Waals surface area (Å²) in [5.74, 6) is 0.433. The molecule has 0 radical (unpaired) electrons. The van der Waals surface area contributed by atoms with Crippen molar-refractivity contribution >= 4 is 21.7 Å². The molecule has 102 valence electrons. The summed E-state index contributed by atoms with van der Waals surface area (Å²) < 4.78 is 24.7. The van der Waals surface area contributed by atoms with Crippen molar-refractivity contribution in [2.75, 3.05) is 13.2 Å². The van der Waals surface area contributed by atoms with Crippen molar-refractivity contribution in [3.8, 4) is 11.5 Å². The van der Waals surface area contributed by atoms with E-state index in [2.05, 4.69) is 15.9 Å². The highest BCUT2D eigenvalue weighted by molar-refractivity contribution is 9.10. The zero-order valence-corrected chi connectivity index (χ0v) is 11.9. The summed E-state index contributed by atoms with van der Waals surface area (Å²) in [6.07, 6.45) is 0. The van der Waals surface area contributed by atoms with Crippen LogP contribution in [0.4, 0.5) is 4.39 Å². The molecular weight excluding hydrogens is 327 g/mol.